The molecule has 0 amide bonds. The molecule has 0 saturated heterocycles. The van der Waals surface area contributed by atoms with Gasteiger partial charge in [-0.15, -0.1) is 0 Å². The van der Waals surface area contributed by atoms with Gasteiger partial charge >= 0.3 is 5.97 Å². The Morgan fingerprint density at radius 2 is 2.17 bits per heavy atom. The minimum Gasteiger partial charge on any atom is -0.485 e. The fraction of sp³-hybridized carbons (Fsp3) is 0.154. The molecule has 0 atom stereocenters. The molecule has 0 bridgehead atoms. The summed E-state index contributed by atoms with van der Waals surface area (Å²) in [4.78, 5) is 18.8. The number of carboxylic acid groups (broad SMARTS) is 1. The summed E-state index contributed by atoms with van der Waals surface area (Å²) >= 11 is 0. The molecule has 92 valence electrons. The first-order valence-electron chi connectivity index (χ1n) is 5.40. The standard InChI is InChI=1S/C13H12N2O3/c1-9-12(6-3-7-14-9)18-8-10-4-2-5-11(15-10)13(16)17/h2-7H,8H2,1H3,(H,16,17). The van der Waals surface area contributed by atoms with Crippen LogP contribution in [0.4, 0.5) is 0 Å². The van der Waals surface area contributed by atoms with Gasteiger partial charge in [-0.1, -0.05) is 6.07 Å². The van der Waals surface area contributed by atoms with Crippen molar-refractivity contribution < 1.29 is 14.6 Å². The molecule has 0 saturated carbocycles. The van der Waals surface area contributed by atoms with Crippen LogP contribution in [0.2, 0.25) is 0 Å². The quantitative estimate of drug-likeness (QED) is 0.891. The molecule has 0 unspecified atom stereocenters. The molecule has 5 nitrogen and oxygen atoms in total. The molecule has 0 aliphatic carbocycles. The third-order valence-corrected chi connectivity index (χ3v) is 2.36. The first-order chi connectivity index (χ1) is 8.66. The Kier molecular flexibility index (Phi) is 3.52. The summed E-state index contributed by atoms with van der Waals surface area (Å²) in [5.74, 6) is -0.380. The molecule has 1 N–H and O–H groups in total. The lowest BCUT2D eigenvalue weighted by Gasteiger charge is -2.07. The molecule has 5 heteroatoms. The smallest absolute Gasteiger partial charge is 0.354 e. The van der Waals surface area contributed by atoms with Crippen LogP contribution in [-0.2, 0) is 6.61 Å². The van der Waals surface area contributed by atoms with Gasteiger partial charge in [0.2, 0.25) is 0 Å². The Labute approximate surface area is 104 Å². The molecule has 0 fully saturated rings. The van der Waals surface area contributed by atoms with Gasteiger partial charge in [-0.3, -0.25) is 4.98 Å². The lowest BCUT2D eigenvalue weighted by atomic mass is 10.3. The van der Waals surface area contributed by atoms with E-state index in [2.05, 4.69) is 9.97 Å². The zero-order valence-electron chi connectivity index (χ0n) is 9.83. The van der Waals surface area contributed by atoms with E-state index >= 15 is 0 Å². The van der Waals surface area contributed by atoms with E-state index in [1.807, 2.05) is 13.0 Å². The number of aryl methyl sites for hydroxylation is 1. The van der Waals surface area contributed by atoms with Crippen molar-refractivity contribution in [3.05, 3.63) is 53.6 Å². The van der Waals surface area contributed by atoms with Crippen molar-refractivity contribution in [2.45, 2.75) is 13.5 Å². The maximum absolute atomic E-state index is 10.8. The molecule has 0 aromatic carbocycles. The van der Waals surface area contributed by atoms with Gasteiger partial charge in [0.05, 0.1) is 11.4 Å². The minimum absolute atomic E-state index is 0.0130. The van der Waals surface area contributed by atoms with E-state index in [1.165, 1.54) is 6.07 Å². The highest BCUT2D eigenvalue weighted by atomic mass is 16.5. The number of hydrogen-bond acceptors (Lipinski definition) is 4. The van der Waals surface area contributed by atoms with Crippen molar-refractivity contribution in [3.63, 3.8) is 0 Å². The third-order valence-electron chi connectivity index (χ3n) is 2.36. The number of aromatic nitrogens is 2. The molecule has 0 aliphatic rings. The summed E-state index contributed by atoms with van der Waals surface area (Å²) in [6.45, 7) is 2.06. The van der Waals surface area contributed by atoms with Crippen LogP contribution in [0.25, 0.3) is 0 Å². The highest BCUT2D eigenvalue weighted by Crippen LogP contribution is 2.15. The Hall–Kier alpha value is -2.43. The normalized spacial score (nSPS) is 10.1. The molecule has 2 rings (SSSR count). The van der Waals surface area contributed by atoms with E-state index in [0.717, 1.165) is 5.69 Å². The zero-order valence-corrected chi connectivity index (χ0v) is 9.83. The van der Waals surface area contributed by atoms with Crippen molar-refractivity contribution in [1.29, 1.82) is 0 Å². The van der Waals surface area contributed by atoms with Gasteiger partial charge in [0.15, 0.2) is 0 Å². The van der Waals surface area contributed by atoms with Crippen LogP contribution in [0.3, 0.4) is 0 Å². The summed E-state index contributed by atoms with van der Waals surface area (Å²) < 4.78 is 5.54. The maximum Gasteiger partial charge on any atom is 0.354 e. The zero-order chi connectivity index (χ0) is 13.0. The van der Waals surface area contributed by atoms with Crippen LogP contribution < -0.4 is 4.74 Å². The van der Waals surface area contributed by atoms with Crippen molar-refractivity contribution in [3.8, 4) is 5.75 Å². The monoisotopic (exact) mass is 244 g/mol. The number of pyridine rings is 2. The van der Waals surface area contributed by atoms with Gasteiger partial charge < -0.3 is 9.84 Å². The lowest BCUT2D eigenvalue weighted by Crippen LogP contribution is -2.05. The predicted molar refractivity (Wildman–Crippen MR) is 64.5 cm³/mol. The van der Waals surface area contributed by atoms with Crippen LogP contribution >= 0.6 is 0 Å². The molecule has 0 radical (unpaired) electrons. The van der Waals surface area contributed by atoms with E-state index in [-0.39, 0.29) is 12.3 Å². The van der Waals surface area contributed by atoms with E-state index < -0.39 is 5.97 Å². The van der Waals surface area contributed by atoms with Crippen LogP contribution in [0.1, 0.15) is 21.9 Å². The second-order valence-electron chi connectivity index (χ2n) is 3.69. The number of ether oxygens (including phenoxy) is 1. The van der Waals surface area contributed by atoms with Crippen molar-refractivity contribution in [1.82, 2.24) is 9.97 Å². The van der Waals surface area contributed by atoms with Gasteiger partial charge in [-0.2, -0.15) is 0 Å². The summed E-state index contributed by atoms with van der Waals surface area (Å²) in [7, 11) is 0. The second kappa shape index (κ2) is 5.27. The summed E-state index contributed by atoms with van der Waals surface area (Å²) in [6.07, 6.45) is 1.69. The second-order valence-corrected chi connectivity index (χ2v) is 3.69. The van der Waals surface area contributed by atoms with Crippen LogP contribution in [-0.4, -0.2) is 21.0 Å². The highest BCUT2D eigenvalue weighted by molar-refractivity contribution is 5.85. The molecular weight excluding hydrogens is 232 g/mol. The van der Waals surface area contributed by atoms with Crippen LogP contribution in [0.15, 0.2) is 36.5 Å². The highest BCUT2D eigenvalue weighted by Gasteiger charge is 2.06. The predicted octanol–water partition coefficient (Wildman–Crippen LogP) is 2.06. The van der Waals surface area contributed by atoms with E-state index in [0.29, 0.717) is 11.4 Å². The topological polar surface area (TPSA) is 72.3 Å². The molecule has 0 spiro atoms. The number of rotatable bonds is 4. The number of carbonyl (C=O) groups is 1. The average molecular weight is 244 g/mol. The molecule has 2 aromatic heterocycles. The van der Waals surface area contributed by atoms with E-state index in [1.54, 1.807) is 24.4 Å². The molecule has 2 aromatic rings. The Balaban J connectivity index is 2.09. The number of nitrogens with zero attached hydrogens (tertiary/aromatic N) is 2. The van der Waals surface area contributed by atoms with E-state index in [9.17, 15) is 4.79 Å². The summed E-state index contributed by atoms with van der Waals surface area (Å²) in [5, 5.41) is 8.83. The SMILES string of the molecule is Cc1ncccc1OCc1cccc(C(=O)O)n1. The number of aromatic carboxylic acids is 1. The average Bonchev–Trinajstić information content (AvgIpc) is 2.38. The molecule has 0 aliphatic heterocycles. The van der Waals surface area contributed by atoms with Gasteiger partial charge in [-0.05, 0) is 31.2 Å². The Morgan fingerprint density at radius 1 is 1.33 bits per heavy atom. The van der Waals surface area contributed by atoms with Gasteiger partial charge in [0.1, 0.15) is 18.1 Å². The van der Waals surface area contributed by atoms with Crippen LogP contribution in [0.5, 0.6) is 5.75 Å². The lowest BCUT2D eigenvalue weighted by molar-refractivity contribution is 0.0690. The first kappa shape index (κ1) is 12.0. The molecular formula is C13H12N2O3. The van der Waals surface area contributed by atoms with Crippen molar-refractivity contribution in [2.75, 3.05) is 0 Å². The fourth-order valence-electron chi connectivity index (χ4n) is 1.45. The van der Waals surface area contributed by atoms with Crippen molar-refractivity contribution in [2.24, 2.45) is 0 Å². The van der Waals surface area contributed by atoms with E-state index in [4.69, 9.17) is 9.84 Å². The summed E-state index contributed by atoms with van der Waals surface area (Å²) in [6, 6.07) is 8.40. The third kappa shape index (κ3) is 2.82. The van der Waals surface area contributed by atoms with Crippen molar-refractivity contribution >= 4 is 5.97 Å². The van der Waals surface area contributed by atoms with Gasteiger partial charge in [-0.25, -0.2) is 9.78 Å². The minimum atomic E-state index is -1.05. The maximum atomic E-state index is 10.8. The largest absolute Gasteiger partial charge is 0.485 e. The van der Waals surface area contributed by atoms with Gasteiger partial charge in [0, 0.05) is 6.20 Å². The molecule has 2 heterocycles. The summed E-state index contributed by atoms with van der Waals surface area (Å²) in [5.41, 5.74) is 1.36. The fourth-order valence-corrected chi connectivity index (χ4v) is 1.45. The number of hydrogen-bond donors (Lipinski definition) is 1. The number of carboxylic acids is 1. The Bertz CT molecular complexity index is 570. The molecule has 18 heavy (non-hydrogen) atoms. The van der Waals surface area contributed by atoms with Gasteiger partial charge in [0.25, 0.3) is 0 Å². The first-order valence-corrected chi connectivity index (χ1v) is 5.40. The van der Waals surface area contributed by atoms with Crippen LogP contribution in [0, 0.1) is 6.92 Å². The Morgan fingerprint density at radius 3 is 2.89 bits per heavy atom.